The molecule has 3 heteroatoms. The quantitative estimate of drug-likeness (QED) is 0.770. The second-order valence-corrected chi connectivity index (χ2v) is 5.14. The Morgan fingerprint density at radius 3 is 2.53 bits per heavy atom. The van der Waals surface area contributed by atoms with Crippen LogP contribution < -0.4 is 5.32 Å². The minimum Gasteiger partial charge on any atom is -0.354 e. The molecule has 1 rings (SSSR count). The van der Waals surface area contributed by atoms with Gasteiger partial charge in [-0.25, -0.2) is 0 Å². The van der Waals surface area contributed by atoms with Crippen LogP contribution in [-0.4, -0.2) is 12.5 Å². The molecule has 1 aliphatic carbocycles. The fourth-order valence-electron chi connectivity index (χ4n) is 1.74. The lowest BCUT2D eigenvalue weighted by Gasteiger charge is -2.39. The molecule has 1 saturated carbocycles. The molecule has 0 saturated heterocycles. The van der Waals surface area contributed by atoms with Gasteiger partial charge in [0.25, 0.3) is 0 Å². The highest BCUT2D eigenvalue weighted by Crippen LogP contribution is 2.39. The summed E-state index contributed by atoms with van der Waals surface area (Å²) in [6, 6.07) is 2.09. The third-order valence-corrected chi connectivity index (χ3v) is 3.69. The van der Waals surface area contributed by atoms with E-state index in [0.717, 1.165) is 0 Å². The summed E-state index contributed by atoms with van der Waals surface area (Å²) in [5.41, 5.74) is -0.583. The molecule has 3 nitrogen and oxygen atoms in total. The van der Waals surface area contributed by atoms with Gasteiger partial charge in [-0.05, 0) is 31.6 Å². The Bertz CT molecular complexity index is 288. The predicted octanol–water partition coefficient (Wildman–Crippen LogP) is 2.23. The van der Waals surface area contributed by atoms with Crippen LogP contribution in [0.25, 0.3) is 0 Å². The summed E-state index contributed by atoms with van der Waals surface area (Å²) in [4.78, 5) is 11.8. The van der Waals surface area contributed by atoms with Crippen LogP contribution >= 0.6 is 0 Å². The van der Waals surface area contributed by atoms with Gasteiger partial charge in [0.1, 0.15) is 5.41 Å². The number of nitriles is 1. The van der Waals surface area contributed by atoms with Crippen molar-refractivity contribution in [2.45, 2.75) is 46.5 Å². The molecular formula is C12H20N2O. The van der Waals surface area contributed by atoms with Gasteiger partial charge in [-0.1, -0.05) is 20.3 Å². The normalized spacial score (nSPS) is 22.0. The molecule has 0 aromatic rings. The van der Waals surface area contributed by atoms with Crippen LogP contribution in [0.4, 0.5) is 0 Å². The van der Waals surface area contributed by atoms with Crippen molar-refractivity contribution in [2.75, 3.05) is 6.54 Å². The number of hydrogen-bond acceptors (Lipinski definition) is 2. The Balaban J connectivity index is 2.45. The van der Waals surface area contributed by atoms with E-state index in [9.17, 15) is 4.79 Å². The van der Waals surface area contributed by atoms with E-state index in [4.69, 9.17) is 5.26 Å². The van der Waals surface area contributed by atoms with Crippen molar-refractivity contribution < 1.29 is 4.79 Å². The fraction of sp³-hybridized carbons (Fsp3) is 0.833. The van der Waals surface area contributed by atoms with Crippen molar-refractivity contribution in [3.63, 3.8) is 0 Å². The minimum absolute atomic E-state index is 0.124. The average molecular weight is 208 g/mol. The summed E-state index contributed by atoms with van der Waals surface area (Å²) in [5, 5.41) is 11.9. The monoisotopic (exact) mass is 208 g/mol. The van der Waals surface area contributed by atoms with E-state index in [0.29, 0.717) is 13.0 Å². The first-order valence-corrected chi connectivity index (χ1v) is 5.65. The van der Waals surface area contributed by atoms with Gasteiger partial charge in [0.15, 0.2) is 0 Å². The standard InChI is InChI=1S/C12H20N2O/c1-4-12(3,8-13)10(15)14-9-11(2)6-5-7-11/h4-7,9H2,1-3H3,(H,14,15). The zero-order valence-corrected chi connectivity index (χ0v) is 9.89. The lowest BCUT2D eigenvalue weighted by Crippen LogP contribution is -2.45. The summed E-state index contributed by atoms with van der Waals surface area (Å²) < 4.78 is 0. The molecule has 1 atom stereocenters. The predicted molar refractivity (Wildman–Crippen MR) is 59.0 cm³/mol. The number of hydrogen-bond donors (Lipinski definition) is 1. The topological polar surface area (TPSA) is 52.9 Å². The summed E-state index contributed by atoms with van der Waals surface area (Å²) in [5.74, 6) is -0.124. The number of nitrogens with one attached hydrogen (secondary N) is 1. The summed E-state index contributed by atoms with van der Waals surface area (Å²) >= 11 is 0. The Morgan fingerprint density at radius 1 is 1.60 bits per heavy atom. The molecule has 0 aromatic heterocycles. The van der Waals surface area contributed by atoms with E-state index in [-0.39, 0.29) is 11.3 Å². The van der Waals surface area contributed by atoms with Gasteiger partial charge in [0, 0.05) is 6.54 Å². The molecule has 1 fully saturated rings. The lowest BCUT2D eigenvalue weighted by molar-refractivity contribution is -0.128. The molecule has 1 amide bonds. The maximum atomic E-state index is 11.8. The number of nitrogens with zero attached hydrogens (tertiary/aromatic N) is 1. The highest BCUT2D eigenvalue weighted by atomic mass is 16.2. The highest BCUT2D eigenvalue weighted by Gasteiger charge is 2.35. The maximum Gasteiger partial charge on any atom is 0.240 e. The van der Waals surface area contributed by atoms with Crippen LogP contribution in [0.2, 0.25) is 0 Å². The van der Waals surface area contributed by atoms with Crippen molar-refractivity contribution in [3.05, 3.63) is 0 Å². The van der Waals surface area contributed by atoms with Crippen LogP contribution in [0.5, 0.6) is 0 Å². The van der Waals surface area contributed by atoms with Crippen molar-refractivity contribution in [2.24, 2.45) is 10.8 Å². The number of rotatable bonds is 4. The van der Waals surface area contributed by atoms with Crippen molar-refractivity contribution >= 4 is 5.91 Å². The van der Waals surface area contributed by atoms with Crippen molar-refractivity contribution in [1.82, 2.24) is 5.32 Å². The van der Waals surface area contributed by atoms with Crippen LogP contribution in [0.15, 0.2) is 0 Å². The molecule has 0 aromatic carbocycles. The Kier molecular flexibility index (Phi) is 3.38. The molecular weight excluding hydrogens is 188 g/mol. The van der Waals surface area contributed by atoms with E-state index in [1.54, 1.807) is 6.92 Å². The van der Waals surface area contributed by atoms with Gasteiger partial charge in [-0.3, -0.25) is 4.79 Å². The van der Waals surface area contributed by atoms with Gasteiger partial charge in [-0.15, -0.1) is 0 Å². The molecule has 0 aliphatic heterocycles. The minimum atomic E-state index is -0.861. The number of carbonyl (C=O) groups excluding carboxylic acids is 1. The van der Waals surface area contributed by atoms with Gasteiger partial charge >= 0.3 is 0 Å². The van der Waals surface area contributed by atoms with E-state index in [1.807, 2.05) is 6.92 Å². The molecule has 1 N–H and O–H groups in total. The van der Waals surface area contributed by atoms with Crippen LogP contribution in [0, 0.1) is 22.2 Å². The first kappa shape index (κ1) is 12.0. The SMILES string of the molecule is CCC(C)(C#N)C(=O)NCC1(C)CCC1. The molecule has 84 valence electrons. The molecule has 1 aliphatic rings. The van der Waals surface area contributed by atoms with E-state index in [1.165, 1.54) is 19.3 Å². The van der Waals surface area contributed by atoms with E-state index < -0.39 is 5.41 Å². The third kappa shape index (κ3) is 2.50. The largest absolute Gasteiger partial charge is 0.354 e. The molecule has 15 heavy (non-hydrogen) atoms. The molecule has 0 spiro atoms. The van der Waals surface area contributed by atoms with E-state index in [2.05, 4.69) is 18.3 Å². The van der Waals surface area contributed by atoms with Gasteiger partial charge in [0.2, 0.25) is 5.91 Å². The zero-order chi connectivity index (χ0) is 11.5. The Hall–Kier alpha value is -1.04. The van der Waals surface area contributed by atoms with Gasteiger partial charge in [0.05, 0.1) is 6.07 Å². The van der Waals surface area contributed by atoms with Crippen LogP contribution in [-0.2, 0) is 4.79 Å². The van der Waals surface area contributed by atoms with Gasteiger partial charge < -0.3 is 5.32 Å². The van der Waals surface area contributed by atoms with Gasteiger partial charge in [-0.2, -0.15) is 5.26 Å². The Labute approximate surface area is 91.9 Å². The average Bonchev–Trinajstić information content (AvgIpc) is 2.21. The zero-order valence-electron chi connectivity index (χ0n) is 9.89. The maximum absolute atomic E-state index is 11.8. The number of carbonyl (C=O) groups is 1. The second kappa shape index (κ2) is 4.22. The molecule has 0 heterocycles. The summed E-state index contributed by atoms with van der Waals surface area (Å²) in [6.07, 6.45) is 4.19. The summed E-state index contributed by atoms with van der Waals surface area (Å²) in [6.45, 7) is 6.47. The number of amides is 1. The highest BCUT2D eigenvalue weighted by molar-refractivity contribution is 5.84. The van der Waals surface area contributed by atoms with Crippen LogP contribution in [0.3, 0.4) is 0 Å². The van der Waals surface area contributed by atoms with E-state index >= 15 is 0 Å². The van der Waals surface area contributed by atoms with Crippen molar-refractivity contribution in [1.29, 1.82) is 5.26 Å². The molecule has 0 bridgehead atoms. The Morgan fingerprint density at radius 2 is 2.20 bits per heavy atom. The summed E-state index contributed by atoms with van der Waals surface area (Å²) in [7, 11) is 0. The van der Waals surface area contributed by atoms with Crippen LogP contribution in [0.1, 0.15) is 46.5 Å². The molecule has 1 unspecified atom stereocenters. The fourth-order valence-corrected chi connectivity index (χ4v) is 1.74. The lowest BCUT2D eigenvalue weighted by atomic mass is 9.70. The second-order valence-electron chi connectivity index (χ2n) is 5.14. The first-order chi connectivity index (χ1) is 6.96. The first-order valence-electron chi connectivity index (χ1n) is 5.65. The molecule has 0 radical (unpaired) electrons. The smallest absolute Gasteiger partial charge is 0.240 e. The third-order valence-electron chi connectivity index (χ3n) is 3.69. The van der Waals surface area contributed by atoms with Crippen molar-refractivity contribution in [3.8, 4) is 6.07 Å².